The van der Waals surface area contributed by atoms with Crippen molar-refractivity contribution in [2.45, 2.75) is 0 Å². The lowest BCUT2D eigenvalue weighted by Gasteiger charge is -2.14. The van der Waals surface area contributed by atoms with E-state index in [1.165, 1.54) is 26.4 Å². The zero-order valence-corrected chi connectivity index (χ0v) is 12.1. The van der Waals surface area contributed by atoms with E-state index in [-0.39, 0.29) is 21.9 Å². The molecule has 0 unspecified atom stereocenters. The average molecular weight is 311 g/mol. The van der Waals surface area contributed by atoms with E-state index < -0.39 is 11.8 Å². The lowest BCUT2D eigenvalue weighted by Crippen LogP contribution is -1.99. The number of rotatable bonds is 4. The molecule has 110 valence electrons. The van der Waals surface area contributed by atoms with Gasteiger partial charge >= 0.3 is 5.97 Å². The van der Waals surface area contributed by atoms with Gasteiger partial charge in [-0.1, -0.05) is 17.7 Å². The zero-order valence-electron chi connectivity index (χ0n) is 11.3. The normalized spacial score (nSPS) is 10.3. The fraction of sp³-hybridized carbons (Fsp3) is 0.133. The van der Waals surface area contributed by atoms with Crippen molar-refractivity contribution in [3.05, 3.63) is 46.7 Å². The number of ether oxygens (including phenoxy) is 2. The first-order valence-electron chi connectivity index (χ1n) is 5.93. The second-order valence-electron chi connectivity index (χ2n) is 4.16. The van der Waals surface area contributed by atoms with E-state index in [4.69, 9.17) is 26.2 Å². The molecule has 0 atom stereocenters. The maximum Gasteiger partial charge on any atom is 0.335 e. The predicted molar refractivity (Wildman–Crippen MR) is 76.9 cm³/mol. The molecule has 0 saturated carbocycles. The lowest BCUT2D eigenvalue weighted by atomic mass is 10.0. The highest BCUT2D eigenvalue weighted by Gasteiger charge is 2.18. The molecule has 0 bridgehead atoms. The zero-order chi connectivity index (χ0) is 15.6. The Bertz CT molecular complexity index is 700. The summed E-state index contributed by atoms with van der Waals surface area (Å²) in [4.78, 5) is 10.8. The molecule has 0 aliphatic rings. The van der Waals surface area contributed by atoms with Crippen LogP contribution in [0.25, 0.3) is 11.1 Å². The van der Waals surface area contributed by atoms with Crippen LogP contribution in [0.2, 0.25) is 5.02 Å². The largest absolute Gasteiger partial charge is 0.495 e. The number of carboxylic acid groups (broad SMARTS) is 1. The Morgan fingerprint density at radius 1 is 1.14 bits per heavy atom. The Morgan fingerprint density at radius 2 is 1.81 bits per heavy atom. The van der Waals surface area contributed by atoms with Crippen LogP contribution in [-0.2, 0) is 0 Å². The molecule has 2 aromatic carbocycles. The van der Waals surface area contributed by atoms with E-state index in [1.54, 1.807) is 12.1 Å². The van der Waals surface area contributed by atoms with Crippen molar-refractivity contribution < 1.29 is 23.8 Å². The fourth-order valence-electron chi connectivity index (χ4n) is 1.97. The number of benzene rings is 2. The van der Waals surface area contributed by atoms with Gasteiger partial charge < -0.3 is 14.6 Å². The van der Waals surface area contributed by atoms with Crippen molar-refractivity contribution in [1.29, 1.82) is 0 Å². The van der Waals surface area contributed by atoms with Crippen LogP contribution in [0.4, 0.5) is 4.39 Å². The van der Waals surface area contributed by atoms with Crippen molar-refractivity contribution in [2.75, 3.05) is 14.2 Å². The summed E-state index contributed by atoms with van der Waals surface area (Å²) in [7, 11) is 2.87. The number of carboxylic acids is 1. The van der Waals surface area contributed by atoms with Crippen LogP contribution in [0.3, 0.4) is 0 Å². The first-order valence-corrected chi connectivity index (χ1v) is 6.31. The summed E-state index contributed by atoms with van der Waals surface area (Å²) in [6, 6.07) is 6.83. The van der Waals surface area contributed by atoms with E-state index >= 15 is 0 Å². The Kier molecular flexibility index (Phi) is 4.33. The highest BCUT2D eigenvalue weighted by Crippen LogP contribution is 2.42. The van der Waals surface area contributed by atoms with Crippen LogP contribution in [0.5, 0.6) is 11.5 Å². The molecule has 0 aliphatic carbocycles. The molecule has 6 heteroatoms. The van der Waals surface area contributed by atoms with Crippen molar-refractivity contribution in [3.63, 3.8) is 0 Å². The predicted octanol–water partition coefficient (Wildman–Crippen LogP) is 3.86. The molecule has 0 saturated heterocycles. The number of carbonyl (C=O) groups is 1. The summed E-state index contributed by atoms with van der Waals surface area (Å²) in [6.45, 7) is 0. The van der Waals surface area contributed by atoms with Crippen LogP contribution in [0.15, 0.2) is 30.3 Å². The van der Waals surface area contributed by atoms with Crippen LogP contribution >= 0.6 is 11.6 Å². The van der Waals surface area contributed by atoms with Gasteiger partial charge in [-0.05, 0) is 24.3 Å². The molecule has 21 heavy (non-hydrogen) atoms. The van der Waals surface area contributed by atoms with Gasteiger partial charge in [-0.3, -0.25) is 0 Å². The van der Waals surface area contributed by atoms with Crippen molar-refractivity contribution in [1.82, 2.24) is 0 Å². The molecule has 0 aromatic heterocycles. The van der Waals surface area contributed by atoms with E-state index in [0.717, 1.165) is 6.07 Å². The topological polar surface area (TPSA) is 55.8 Å². The lowest BCUT2D eigenvalue weighted by molar-refractivity contribution is 0.0696. The molecule has 0 spiro atoms. The number of hydrogen-bond acceptors (Lipinski definition) is 3. The quantitative estimate of drug-likeness (QED) is 0.931. The highest BCUT2D eigenvalue weighted by molar-refractivity contribution is 6.34. The molecule has 0 heterocycles. The Hall–Kier alpha value is -2.27. The van der Waals surface area contributed by atoms with E-state index in [1.807, 2.05) is 0 Å². The van der Waals surface area contributed by atoms with E-state index in [0.29, 0.717) is 11.3 Å². The number of halogens is 2. The molecular formula is C15H12ClFO4. The monoisotopic (exact) mass is 310 g/mol. The minimum atomic E-state index is -1.19. The van der Waals surface area contributed by atoms with Crippen molar-refractivity contribution in [3.8, 4) is 22.6 Å². The number of methoxy groups -OCH3 is 2. The Balaban J connectivity index is 2.62. The molecule has 0 aliphatic heterocycles. The molecule has 4 nitrogen and oxygen atoms in total. The molecule has 2 aromatic rings. The average Bonchev–Trinajstić information content (AvgIpc) is 2.46. The Labute approximate surface area is 125 Å². The second kappa shape index (κ2) is 6.01. The van der Waals surface area contributed by atoms with Gasteiger partial charge in [0.2, 0.25) is 0 Å². The van der Waals surface area contributed by atoms with Crippen LogP contribution in [0, 0.1) is 5.82 Å². The second-order valence-corrected chi connectivity index (χ2v) is 4.54. The highest BCUT2D eigenvalue weighted by atomic mass is 35.5. The van der Waals surface area contributed by atoms with Crippen LogP contribution in [0.1, 0.15) is 10.4 Å². The van der Waals surface area contributed by atoms with E-state index in [2.05, 4.69) is 0 Å². The third-order valence-corrected chi connectivity index (χ3v) is 3.35. The molecule has 0 amide bonds. The van der Waals surface area contributed by atoms with Crippen molar-refractivity contribution >= 4 is 17.6 Å². The molecular weight excluding hydrogens is 299 g/mol. The standard InChI is InChI=1S/C15H12ClFO4/c1-20-12-6-5-10(14(21-2)13(12)16)9-4-3-8(15(18)19)7-11(9)17/h3-7H,1-2H3,(H,18,19). The summed E-state index contributed by atoms with van der Waals surface area (Å²) < 4.78 is 24.4. The van der Waals surface area contributed by atoms with Gasteiger partial charge in [-0.15, -0.1) is 0 Å². The molecule has 0 radical (unpaired) electrons. The fourth-order valence-corrected chi connectivity index (χ4v) is 2.29. The van der Waals surface area contributed by atoms with Crippen LogP contribution in [-0.4, -0.2) is 25.3 Å². The smallest absolute Gasteiger partial charge is 0.335 e. The Morgan fingerprint density at radius 3 is 2.33 bits per heavy atom. The first kappa shape index (κ1) is 15.1. The minimum absolute atomic E-state index is 0.130. The summed E-state index contributed by atoms with van der Waals surface area (Å²) in [5.74, 6) is -1.20. The van der Waals surface area contributed by atoms with Gasteiger partial charge in [-0.2, -0.15) is 0 Å². The van der Waals surface area contributed by atoms with E-state index in [9.17, 15) is 9.18 Å². The number of aromatic carboxylic acids is 1. The SMILES string of the molecule is COc1ccc(-c2ccc(C(=O)O)cc2F)c(OC)c1Cl. The summed E-state index contributed by atoms with van der Waals surface area (Å²) in [5, 5.41) is 9.08. The van der Waals surface area contributed by atoms with Gasteiger partial charge in [0.05, 0.1) is 19.8 Å². The number of hydrogen-bond donors (Lipinski definition) is 1. The first-order chi connectivity index (χ1) is 9.99. The minimum Gasteiger partial charge on any atom is -0.495 e. The van der Waals surface area contributed by atoms with Crippen molar-refractivity contribution in [2.24, 2.45) is 0 Å². The maximum atomic E-state index is 14.1. The van der Waals surface area contributed by atoms with Crippen LogP contribution < -0.4 is 9.47 Å². The van der Waals surface area contributed by atoms with Gasteiger partial charge in [-0.25, -0.2) is 9.18 Å². The van der Waals surface area contributed by atoms with Gasteiger partial charge in [0, 0.05) is 11.1 Å². The molecule has 2 rings (SSSR count). The summed E-state index contributed by atoms with van der Waals surface area (Å²) in [6.07, 6.45) is 0. The summed E-state index contributed by atoms with van der Waals surface area (Å²) >= 11 is 6.13. The van der Waals surface area contributed by atoms with Gasteiger partial charge in [0.25, 0.3) is 0 Å². The van der Waals surface area contributed by atoms with Gasteiger partial charge in [0.1, 0.15) is 22.3 Å². The van der Waals surface area contributed by atoms with Gasteiger partial charge in [0.15, 0.2) is 0 Å². The molecule has 0 fully saturated rings. The maximum absolute atomic E-state index is 14.1. The third kappa shape index (κ3) is 2.78. The summed E-state index contributed by atoms with van der Waals surface area (Å²) in [5.41, 5.74) is 0.481. The molecule has 1 N–H and O–H groups in total. The third-order valence-electron chi connectivity index (χ3n) is 2.99.